The van der Waals surface area contributed by atoms with E-state index in [2.05, 4.69) is 5.32 Å². The molecular formula is C19H23Cl2N3O3. The Labute approximate surface area is 168 Å². The standard InChI is InChI=1S/C19H23Cl2N3O3/c20-11-9-13(17(25)14(21)10-11)18(26)23-7-2-5-15-16(23)6-8-24(15)19(27)22-12-3-1-4-12/h9-10,12,15-16,25H,1-8H2,(H,22,27)/t15-,16-/m0/s1. The van der Waals surface area contributed by atoms with Crippen molar-refractivity contribution in [2.45, 2.75) is 56.7 Å². The van der Waals surface area contributed by atoms with Gasteiger partial charge in [0.1, 0.15) is 5.75 Å². The summed E-state index contributed by atoms with van der Waals surface area (Å²) in [4.78, 5) is 29.4. The maximum absolute atomic E-state index is 13.1. The average molecular weight is 412 g/mol. The summed E-state index contributed by atoms with van der Waals surface area (Å²) < 4.78 is 0. The van der Waals surface area contributed by atoms with Crippen molar-refractivity contribution >= 4 is 35.1 Å². The van der Waals surface area contributed by atoms with Gasteiger partial charge in [0.25, 0.3) is 5.91 Å². The molecule has 2 N–H and O–H groups in total. The second kappa shape index (κ2) is 7.40. The number of nitrogens with one attached hydrogen (secondary N) is 1. The number of amides is 3. The van der Waals surface area contributed by atoms with Crippen LogP contribution in [0.15, 0.2) is 12.1 Å². The maximum atomic E-state index is 13.1. The molecule has 2 aliphatic heterocycles. The van der Waals surface area contributed by atoms with E-state index in [1.54, 1.807) is 4.90 Å². The van der Waals surface area contributed by atoms with Crippen molar-refractivity contribution in [2.75, 3.05) is 13.1 Å². The molecule has 4 rings (SSSR count). The highest BCUT2D eigenvalue weighted by Crippen LogP contribution is 2.36. The van der Waals surface area contributed by atoms with Crippen molar-refractivity contribution in [3.05, 3.63) is 27.7 Å². The molecule has 0 radical (unpaired) electrons. The molecule has 1 aromatic rings. The molecule has 0 aromatic heterocycles. The zero-order valence-corrected chi connectivity index (χ0v) is 16.5. The van der Waals surface area contributed by atoms with Gasteiger partial charge in [-0.15, -0.1) is 0 Å². The fourth-order valence-electron chi connectivity index (χ4n) is 4.38. The van der Waals surface area contributed by atoms with Crippen LogP contribution in [0.2, 0.25) is 10.0 Å². The van der Waals surface area contributed by atoms with Crippen molar-refractivity contribution in [2.24, 2.45) is 0 Å². The summed E-state index contributed by atoms with van der Waals surface area (Å²) in [5.41, 5.74) is 0.116. The summed E-state index contributed by atoms with van der Waals surface area (Å²) in [6.45, 7) is 1.24. The van der Waals surface area contributed by atoms with E-state index in [9.17, 15) is 14.7 Å². The summed E-state index contributed by atoms with van der Waals surface area (Å²) in [5.74, 6) is -0.529. The van der Waals surface area contributed by atoms with Crippen LogP contribution in [0.3, 0.4) is 0 Å². The topological polar surface area (TPSA) is 72.9 Å². The average Bonchev–Trinajstić information content (AvgIpc) is 3.04. The predicted octanol–water partition coefficient (Wildman–Crippen LogP) is 3.64. The number of phenols is 1. The number of aromatic hydroxyl groups is 1. The lowest BCUT2D eigenvalue weighted by Gasteiger charge is -2.40. The number of halogens is 2. The van der Waals surface area contributed by atoms with Crippen LogP contribution < -0.4 is 5.32 Å². The summed E-state index contributed by atoms with van der Waals surface area (Å²) >= 11 is 12.0. The number of hydrogen-bond acceptors (Lipinski definition) is 3. The Morgan fingerprint density at radius 3 is 2.44 bits per heavy atom. The van der Waals surface area contributed by atoms with Crippen LogP contribution in [-0.4, -0.2) is 58.1 Å². The number of hydrogen-bond donors (Lipinski definition) is 2. The van der Waals surface area contributed by atoms with Crippen LogP contribution in [0.25, 0.3) is 0 Å². The lowest BCUT2D eigenvalue weighted by atomic mass is 9.93. The molecule has 3 fully saturated rings. The third-order valence-electron chi connectivity index (χ3n) is 6.02. The first-order valence-electron chi connectivity index (χ1n) is 9.52. The third-order valence-corrected chi connectivity index (χ3v) is 6.53. The molecule has 3 amide bonds. The Hall–Kier alpha value is -1.66. The number of nitrogens with zero attached hydrogens (tertiary/aromatic N) is 2. The number of fused-ring (bicyclic) bond motifs is 1. The lowest BCUT2D eigenvalue weighted by molar-refractivity contribution is 0.0540. The van der Waals surface area contributed by atoms with Crippen LogP contribution in [-0.2, 0) is 0 Å². The molecule has 146 valence electrons. The zero-order chi connectivity index (χ0) is 19.1. The van der Waals surface area contributed by atoms with Crippen molar-refractivity contribution in [3.8, 4) is 5.75 Å². The molecule has 0 bridgehead atoms. The fraction of sp³-hybridized carbons (Fsp3) is 0.579. The van der Waals surface area contributed by atoms with Crippen LogP contribution in [0.4, 0.5) is 4.79 Å². The smallest absolute Gasteiger partial charge is 0.317 e. The molecule has 8 heteroatoms. The molecule has 2 saturated heterocycles. The van der Waals surface area contributed by atoms with E-state index in [1.807, 2.05) is 4.90 Å². The summed E-state index contributed by atoms with van der Waals surface area (Å²) in [6, 6.07) is 3.11. The van der Waals surface area contributed by atoms with E-state index in [0.29, 0.717) is 24.2 Å². The minimum absolute atomic E-state index is 0.0135. The molecule has 27 heavy (non-hydrogen) atoms. The maximum Gasteiger partial charge on any atom is 0.317 e. The largest absolute Gasteiger partial charge is 0.506 e. The molecule has 0 spiro atoms. The second-order valence-corrected chi connectivity index (χ2v) is 8.46. The zero-order valence-electron chi connectivity index (χ0n) is 15.0. The predicted molar refractivity (Wildman–Crippen MR) is 103 cm³/mol. The highest BCUT2D eigenvalue weighted by atomic mass is 35.5. The van der Waals surface area contributed by atoms with E-state index < -0.39 is 0 Å². The first-order chi connectivity index (χ1) is 13.0. The molecular weight excluding hydrogens is 389 g/mol. The van der Waals surface area contributed by atoms with Gasteiger partial charge in [-0.25, -0.2) is 4.79 Å². The second-order valence-electron chi connectivity index (χ2n) is 7.62. The first kappa shape index (κ1) is 18.7. The van der Waals surface area contributed by atoms with Crippen LogP contribution in [0.1, 0.15) is 48.9 Å². The van der Waals surface area contributed by atoms with Gasteiger partial charge in [0.15, 0.2) is 0 Å². The van der Waals surface area contributed by atoms with E-state index in [-0.39, 0.29) is 40.4 Å². The Bertz CT molecular complexity index is 769. The van der Waals surface area contributed by atoms with Gasteiger partial charge >= 0.3 is 6.03 Å². The van der Waals surface area contributed by atoms with Gasteiger partial charge in [0, 0.05) is 24.2 Å². The number of rotatable bonds is 2. The number of likely N-dealkylation sites (tertiary alicyclic amines) is 2. The Balaban J connectivity index is 1.52. The van der Waals surface area contributed by atoms with Crippen LogP contribution >= 0.6 is 23.2 Å². The SMILES string of the molecule is O=C(NC1CCC1)N1CC[C@H]2[C@@H]1CCCN2C(=O)c1cc(Cl)cc(Cl)c1O. The Morgan fingerprint density at radius 2 is 1.74 bits per heavy atom. The van der Waals surface area contributed by atoms with Gasteiger partial charge < -0.3 is 20.2 Å². The van der Waals surface area contributed by atoms with Gasteiger partial charge in [-0.1, -0.05) is 23.2 Å². The van der Waals surface area contributed by atoms with Gasteiger partial charge in [-0.05, 0) is 50.7 Å². The fourth-order valence-corrected chi connectivity index (χ4v) is 4.88. The van der Waals surface area contributed by atoms with Crippen LogP contribution in [0, 0.1) is 0 Å². The molecule has 0 unspecified atom stereocenters. The Morgan fingerprint density at radius 1 is 1.00 bits per heavy atom. The van der Waals surface area contributed by atoms with Gasteiger partial charge in [0.2, 0.25) is 0 Å². The van der Waals surface area contributed by atoms with Gasteiger partial charge in [-0.3, -0.25) is 4.79 Å². The number of benzene rings is 1. The monoisotopic (exact) mass is 411 g/mol. The molecule has 2 heterocycles. The molecule has 1 aromatic carbocycles. The number of piperidine rings is 1. The highest BCUT2D eigenvalue weighted by Gasteiger charge is 2.44. The Kier molecular flexibility index (Phi) is 5.12. The quantitative estimate of drug-likeness (QED) is 0.779. The molecule has 1 aliphatic carbocycles. The van der Waals surface area contributed by atoms with E-state index in [1.165, 1.54) is 18.6 Å². The number of urea groups is 1. The van der Waals surface area contributed by atoms with Crippen molar-refractivity contribution in [1.29, 1.82) is 0 Å². The highest BCUT2D eigenvalue weighted by molar-refractivity contribution is 6.36. The van der Waals surface area contributed by atoms with Crippen LogP contribution in [0.5, 0.6) is 5.75 Å². The van der Waals surface area contributed by atoms with Crippen molar-refractivity contribution in [3.63, 3.8) is 0 Å². The minimum atomic E-state index is -0.284. The van der Waals surface area contributed by atoms with Crippen molar-refractivity contribution in [1.82, 2.24) is 15.1 Å². The summed E-state index contributed by atoms with van der Waals surface area (Å²) in [6.07, 6.45) is 5.71. The normalized spacial score (nSPS) is 25.1. The summed E-state index contributed by atoms with van der Waals surface area (Å²) in [7, 11) is 0. The van der Waals surface area contributed by atoms with Gasteiger partial charge in [0.05, 0.1) is 22.7 Å². The van der Waals surface area contributed by atoms with Gasteiger partial charge in [-0.2, -0.15) is 0 Å². The number of carbonyl (C=O) groups is 2. The summed E-state index contributed by atoms with van der Waals surface area (Å²) in [5, 5.41) is 13.7. The molecule has 3 aliphatic rings. The van der Waals surface area contributed by atoms with E-state index in [0.717, 1.165) is 32.1 Å². The van der Waals surface area contributed by atoms with Crippen molar-refractivity contribution < 1.29 is 14.7 Å². The lowest BCUT2D eigenvalue weighted by Crippen LogP contribution is -2.55. The van der Waals surface area contributed by atoms with E-state index in [4.69, 9.17) is 23.2 Å². The molecule has 6 nitrogen and oxygen atoms in total. The third kappa shape index (κ3) is 3.45. The number of phenolic OH excluding ortho intramolecular Hbond substituents is 1. The van der Waals surface area contributed by atoms with E-state index >= 15 is 0 Å². The first-order valence-corrected chi connectivity index (χ1v) is 10.3. The minimum Gasteiger partial charge on any atom is -0.506 e. The molecule has 2 atom stereocenters. The molecule has 1 saturated carbocycles. The number of carbonyl (C=O) groups excluding carboxylic acids is 2.